The quantitative estimate of drug-likeness (QED) is 0.449. The van der Waals surface area contributed by atoms with E-state index >= 15 is 0 Å². The van der Waals surface area contributed by atoms with E-state index in [1.54, 1.807) is 6.92 Å². The Bertz CT molecular complexity index is 645. The Labute approximate surface area is 120 Å². The molecule has 0 aliphatic heterocycles. The molecule has 0 fully saturated rings. The SMILES string of the molecule is CCNS(=O)(=O)CCNc1cc(C(=O)O)c([N+](=O)[O-])cn1. The molecule has 21 heavy (non-hydrogen) atoms. The van der Waals surface area contributed by atoms with Gasteiger partial charge in [0, 0.05) is 19.2 Å². The van der Waals surface area contributed by atoms with Crippen molar-refractivity contribution < 1.29 is 23.2 Å². The van der Waals surface area contributed by atoms with Crippen molar-refractivity contribution >= 4 is 27.5 Å². The first-order valence-electron chi connectivity index (χ1n) is 5.85. The number of pyridine rings is 1. The van der Waals surface area contributed by atoms with Crippen LogP contribution >= 0.6 is 0 Å². The van der Waals surface area contributed by atoms with Crippen LogP contribution in [0, 0.1) is 10.1 Å². The lowest BCUT2D eigenvalue weighted by Crippen LogP contribution is -2.29. The number of nitro groups is 1. The van der Waals surface area contributed by atoms with Crippen LogP contribution in [0.5, 0.6) is 0 Å². The normalized spacial score (nSPS) is 11.1. The fourth-order valence-corrected chi connectivity index (χ4v) is 2.42. The topological polar surface area (TPSA) is 152 Å². The molecule has 1 aromatic heterocycles. The first-order valence-corrected chi connectivity index (χ1v) is 7.51. The number of sulfonamides is 1. The summed E-state index contributed by atoms with van der Waals surface area (Å²) >= 11 is 0. The molecule has 0 aromatic carbocycles. The van der Waals surface area contributed by atoms with Gasteiger partial charge in [-0.2, -0.15) is 0 Å². The number of carboxylic acid groups (broad SMARTS) is 1. The van der Waals surface area contributed by atoms with Gasteiger partial charge in [-0.3, -0.25) is 10.1 Å². The van der Waals surface area contributed by atoms with E-state index in [0.29, 0.717) is 0 Å². The number of hydrogen-bond acceptors (Lipinski definition) is 7. The molecule has 0 saturated heterocycles. The summed E-state index contributed by atoms with van der Waals surface area (Å²) in [5.41, 5.74) is -1.15. The van der Waals surface area contributed by atoms with Crippen LogP contribution in [0.2, 0.25) is 0 Å². The predicted octanol–water partition coefficient (Wildman–Crippen LogP) is 0.0392. The van der Waals surface area contributed by atoms with Gasteiger partial charge in [0.15, 0.2) is 0 Å². The molecule has 1 rings (SSSR count). The summed E-state index contributed by atoms with van der Waals surface area (Å²) in [7, 11) is -3.41. The van der Waals surface area contributed by atoms with Crippen LogP contribution in [0.15, 0.2) is 12.3 Å². The van der Waals surface area contributed by atoms with Crippen molar-refractivity contribution in [2.75, 3.05) is 24.2 Å². The van der Waals surface area contributed by atoms with E-state index in [4.69, 9.17) is 5.11 Å². The highest BCUT2D eigenvalue weighted by atomic mass is 32.2. The van der Waals surface area contributed by atoms with E-state index in [0.717, 1.165) is 12.3 Å². The van der Waals surface area contributed by atoms with Gasteiger partial charge in [-0.1, -0.05) is 6.92 Å². The maximum Gasteiger partial charge on any atom is 0.342 e. The van der Waals surface area contributed by atoms with Crippen molar-refractivity contribution in [3.8, 4) is 0 Å². The lowest BCUT2D eigenvalue weighted by Gasteiger charge is -2.07. The van der Waals surface area contributed by atoms with Crippen molar-refractivity contribution in [1.29, 1.82) is 0 Å². The summed E-state index contributed by atoms with van der Waals surface area (Å²) in [5.74, 6) is -1.65. The number of carbonyl (C=O) groups is 1. The smallest absolute Gasteiger partial charge is 0.342 e. The molecule has 0 atom stereocenters. The van der Waals surface area contributed by atoms with E-state index in [1.807, 2.05) is 0 Å². The number of carboxylic acids is 1. The maximum atomic E-state index is 11.4. The number of aromatic carboxylic acids is 1. The van der Waals surface area contributed by atoms with Crippen LogP contribution in [0.3, 0.4) is 0 Å². The van der Waals surface area contributed by atoms with Crippen molar-refractivity contribution in [3.63, 3.8) is 0 Å². The third-order valence-corrected chi connectivity index (χ3v) is 3.82. The average Bonchev–Trinajstić information content (AvgIpc) is 2.37. The monoisotopic (exact) mass is 318 g/mol. The summed E-state index contributed by atoms with van der Waals surface area (Å²) in [6, 6.07) is 0.986. The van der Waals surface area contributed by atoms with Gasteiger partial charge in [0.1, 0.15) is 17.6 Å². The first-order chi connectivity index (χ1) is 9.76. The molecule has 0 radical (unpaired) electrons. The second-order valence-electron chi connectivity index (χ2n) is 3.89. The molecular formula is C10H14N4O6S. The number of nitrogens with zero attached hydrogens (tertiary/aromatic N) is 2. The zero-order valence-electron chi connectivity index (χ0n) is 11.1. The maximum absolute atomic E-state index is 11.4. The van der Waals surface area contributed by atoms with Crippen LogP contribution in [0.1, 0.15) is 17.3 Å². The van der Waals surface area contributed by atoms with Gasteiger partial charge in [0.2, 0.25) is 10.0 Å². The fraction of sp³-hybridized carbons (Fsp3) is 0.400. The van der Waals surface area contributed by atoms with Gasteiger partial charge >= 0.3 is 11.7 Å². The highest BCUT2D eigenvalue weighted by molar-refractivity contribution is 7.89. The number of nitrogens with one attached hydrogen (secondary N) is 2. The van der Waals surface area contributed by atoms with E-state index in [9.17, 15) is 23.3 Å². The molecule has 3 N–H and O–H groups in total. The van der Waals surface area contributed by atoms with Gasteiger partial charge in [0.25, 0.3) is 0 Å². The lowest BCUT2D eigenvalue weighted by molar-refractivity contribution is -0.385. The zero-order valence-corrected chi connectivity index (χ0v) is 11.9. The Morgan fingerprint density at radius 1 is 1.52 bits per heavy atom. The van der Waals surface area contributed by atoms with Crippen molar-refractivity contribution in [2.24, 2.45) is 0 Å². The van der Waals surface area contributed by atoms with Gasteiger partial charge in [-0.25, -0.2) is 22.9 Å². The molecule has 0 amide bonds. The second-order valence-corrected chi connectivity index (χ2v) is 5.82. The van der Waals surface area contributed by atoms with Crippen molar-refractivity contribution in [2.45, 2.75) is 6.92 Å². The van der Waals surface area contributed by atoms with Crippen LogP contribution in [-0.2, 0) is 10.0 Å². The first kappa shape index (κ1) is 16.8. The molecule has 1 aromatic rings. The summed E-state index contributed by atoms with van der Waals surface area (Å²) in [5, 5.41) is 22.2. The van der Waals surface area contributed by atoms with Gasteiger partial charge in [-0.15, -0.1) is 0 Å². The Morgan fingerprint density at radius 2 is 2.19 bits per heavy atom. The van der Waals surface area contributed by atoms with E-state index in [1.165, 1.54) is 0 Å². The zero-order chi connectivity index (χ0) is 16.0. The van der Waals surface area contributed by atoms with Crippen LogP contribution in [-0.4, -0.2) is 48.2 Å². The average molecular weight is 318 g/mol. The summed E-state index contributed by atoms with van der Waals surface area (Å²) in [6.07, 6.45) is 0.810. The third kappa shape index (κ3) is 4.96. The van der Waals surface area contributed by atoms with Gasteiger partial charge in [-0.05, 0) is 0 Å². The highest BCUT2D eigenvalue weighted by Crippen LogP contribution is 2.20. The van der Waals surface area contributed by atoms with E-state index in [2.05, 4.69) is 15.0 Å². The highest BCUT2D eigenvalue weighted by Gasteiger charge is 2.21. The lowest BCUT2D eigenvalue weighted by atomic mass is 10.2. The Morgan fingerprint density at radius 3 is 2.71 bits per heavy atom. The van der Waals surface area contributed by atoms with Gasteiger partial charge < -0.3 is 10.4 Å². The van der Waals surface area contributed by atoms with E-state index in [-0.39, 0.29) is 24.7 Å². The van der Waals surface area contributed by atoms with Crippen molar-refractivity contribution in [1.82, 2.24) is 9.71 Å². The molecule has 0 unspecified atom stereocenters. The minimum absolute atomic E-state index is 0.0147. The molecule has 0 aliphatic rings. The Balaban J connectivity index is 2.80. The van der Waals surface area contributed by atoms with Crippen LogP contribution in [0.25, 0.3) is 0 Å². The molecule has 0 spiro atoms. The number of rotatable bonds is 8. The minimum atomic E-state index is -3.41. The third-order valence-electron chi connectivity index (χ3n) is 2.35. The number of aromatic nitrogens is 1. The Hall–Kier alpha value is -2.27. The molecule has 1 heterocycles. The molecule has 0 aliphatic carbocycles. The molecule has 11 heteroatoms. The minimum Gasteiger partial charge on any atom is -0.477 e. The molecule has 116 valence electrons. The largest absolute Gasteiger partial charge is 0.477 e. The van der Waals surface area contributed by atoms with Gasteiger partial charge in [0.05, 0.1) is 10.7 Å². The number of anilines is 1. The van der Waals surface area contributed by atoms with Crippen LogP contribution < -0.4 is 10.0 Å². The second kappa shape index (κ2) is 6.95. The Kier molecular flexibility index (Phi) is 5.55. The summed E-state index contributed by atoms with van der Waals surface area (Å²) < 4.78 is 25.1. The molecule has 0 saturated carbocycles. The predicted molar refractivity (Wildman–Crippen MR) is 73.8 cm³/mol. The molecular weight excluding hydrogens is 304 g/mol. The summed E-state index contributed by atoms with van der Waals surface area (Å²) in [4.78, 5) is 24.4. The fourth-order valence-electron chi connectivity index (χ4n) is 1.47. The number of hydrogen-bond donors (Lipinski definition) is 3. The molecule has 0 bridgehead atoms. The van der Waals surface area contributed by atoms with E-state index < -0.39 is 32.2 Å². The molecule has 10 nitrogen and oxygen atoms in total. The standard InChI is InChI=1S/C10H14N4O6S/c1-2-13-21(19,20)4-3-11-9-5-7(10(15)16)8(6-12-9)14(17)18/h5-6,13H,2-4H2,1H3,(H,11,12)(H,15,16). The summed E-state index contributed by atoms with van der Waals surface area (Å²) in [6.45, 7) is 1.89. The van der Waals surface area contributed by atoms with Crippen molar-refractivity contribution in [3.05, 3.63) is 27.9 Å². The van der Waals surface area contributed by atoms with Crippen LogP contribution in [0.4, 0.5) is 11.5 Å².